The molecule has 2 aromatic rings. The maximum atomic E-state index is 13.4. The molecule has 0 aliphatic heterocycles. The fourth-order valence-corrected chi connectivity index (χ4v) is 1.61. The Hall–Kier alpha value is -2.39. The maximum Gasteiger partial charge on any atom is 0.200 e. The average molecular weight is 298 g/mol. The summed E-state index contributed by atoms with van der Waals surface area (Å²) in [5.74, 6) is -6.30. The van der Waals surface area contributed by atoms with Gasteiger partial charge < -0.3 is 5.11 Å². The molecule has 108 valence electrons. The minimum Gasteiger partial charge on any atom is -0.376 e. The molecule has 1 atom stereocenters. The third kappa shape index (κ3) is 2.88. The Balaban J connectivity index is 2.46. The lowest BCUT2D eigenvalue weighted by molar-refractivity contribution is 0.219. The van der Waals surface area contributed by atoms with Gasteiger partial charge >= 0.3 is 0 Å². The fraction of sp³-hybridized carbons (Fsp3) is 0.0667. The second-order valence-corrected chi connectivity index (χ2v) is 4.02. The van der Waals surface area contributed by atoms with E-state index in [-0.39, 0.29) is 0 Å². The van der Waals surface area contributed by atoms with Crippen molar-refractivity contribution in [1.82, 2.24) is 0 Å². The highest BCUT2D eigenvalue weighted by Gasteiger charge is 2.28. The predicted molar refractivity (Wildman–Crippen MR) is 64.5 cm³/mol. The number of hydrogen-bond acceptors (Lipinski definition) is 1. The maximum absolute atomic E-state index is 13.4. The lowest BCUT2D eigenvalue weighted by atomic mass is 10.1. The van der Waals surface area contributed by atoms with E-state index in [1.165, 1.54) is 0 Å². The molecule has 0 unspecified atom stereocenters. The number of benzene rings is 2. The van der Waals surface area contributed by atoms with E-state index in [4.69, 9.17) is 0 Å². The first-order chi connectivity index (χ1) is 9.93. The van der Waals surface area contributed by atoms with Crippen molar-refractivity contribution in [1.29, 1.82) is 0 Å². The second-order valence-electron chi connectivity index (χ2n) is 4.02. The van der Waals surface area contributed by atoms with Crippen LogP contribution in [0.5, 0.6) is 0 Å². The van der Waals surface area contributed by atoms with E-state index in [0.717, 1.165) is 0 Å². The molecule has 0 saturated carbocycles. The van der Waals surface area contributed by atoms with Crippen LogP contribution in [0.15, 0.2) is 30.3 Å². The van der Waals surface area contributed by atoms with Gasteiger partial charge in [0.25, 0.3) is 0 Å². The minimum absolute atomic E-state index is 0.417. The van der Waals surface area contributed by atoms with Crippen molar-refractivity contribution >= 4 is 0 Å². The van der Waals surface area contributed by atoms with Crippen LogP contribution in [0.2, 0.25) is 0 Å². The Kier molecular flexibility index (Phi) is 4.24. The van der Waals surface area contributed by atoms with Crippen LogP contribution in [0, 0.1) is 40.9 Å². The van der Waals surface area contributed by atoms with E-state index in [1.807, 2.05) is 5.92 Å². The van der Waals surface area contributed by atoms with Crippen molar-refractivity contribution in [2.75, 3.05) is 0 Å². The van der Waals surface area contributed by atoms with Gasteiger partial charge in [-0.05, 0) is 12.1 Å². The fourth-order valence-electron chi connectivity index (χ4n) is 1.61. The van der Waals surface area contributed by atoms with Crippen LogP contribution in [-0.4, -0.2) is 5.11 Å². The molecule has 0 heterocycles. The first-order valence-electron chi connectivity index (χ1n) is 5.69. The van der Waals surface area contributed by atoms with Gasteiger partial charge in [0.2, 0.25) is 5.82 Å². The second kappa shape index (κ2) is 5.94. The van der Waals surface area contributed by atoms with Gasteiger partial charge in [0.15, 0.2) is 23.3 Å². The van der Waals surface area contributed by atoms with Gasteiger partial charge in [-0.15, -0.1) is 0 Å². The molecule has 1 N–H and O–H groups in total. The zero-order chi connectivity index (χ0) is 15.6. The Bertz CT molecular complexity index is 702. The SMILES string of the molecule is O[C@H](C#Cc1ccccc1)c1c(F)c(F)c(F)c(F)c1F. The van der Waals surface area contributed by atoms with E-state index in [9.17, 15) is 27.1 Å². The van der Waals surface area contributed by atoms with Gasteiger partial charge in [0.05, 0.1) is 5.56 Å². The monoisotopic (exact) mass is 298 g/mol. The topological polar surface area (TPSA) is 20.2 Å². The Labute approximate surface area is 116 Å². The van der Waals surface area contributed by atoms with E-state index >= 15 is 0 Å². The molecular formula is C15H7F5O. The summed E-state index contributed by atoms with van der Waals surface area (Å²) in [5, 5.41) is 9.57. The van der Waals surface area contributed by atoms with E-state index < -0.39 is 40.8 Å². The first-order valence-corrected chi connectivity index (χ1v) is 5.69. The Morgan fingerprint density at radius 2 is 1.24 bits per heavy atom. The molecule has 2 aromatic carbocycles. The molecule has 1 nitrogen and oxygen atoms in total. The van der Waals surface area contributed by atoms with Crippen LogP contribution < -0.4 is 0 Å². The van der Waals surface area contributed by atoms with Crippen LogP contribution in [0.1, 0.15) is 17.2 Å². The van der Waals surface area contributed by atoms with Crippen LogP contribution in [0.3, 0.4) is 0 Å². The standard InChI is InChI=1S/C15H7F5O/c16-11-10(12(17)14(19)15(20)13(11)18)9(21)7-6-8-4-2-1-3-5-8/h1-5,9,21H/t9-/m1/s1. The highest BCUT2D eigenvalue weighted by Crippen LogP contribution is 2.27. The highest BCUT2D eigenvalue weighted by molar-refractivity contribution is 5.37. The molecular weight excluding hydrogens is 291 g/mol. The van der Waals surface area contributed by atoms with Crippen molar-refractivity contribution in [2.24, 2.45) is 0 Å². The molecule has 0 aromatic heterocycles. The summed E-state index contributed by atoms with van der Waals surface area (Å²) in [5.41, 5.74) is -0.949. The molecule has 6 heteroatoms. The molecule has 0 aliphatic rings. The van der Waals surface area contributed by atoms with Crippen molar-refractivity contribution in [3.05, 3.63) is 70.5 Å². The number of aliphatic hydroxyl groups excluding tert-OH is 1. The third-order valence-corrected chi connectivity index (χ3v) is 2.64. The van der Waals surface area contributed by atoms with Gasteiger partial charge in [-0.1, -0.05) is 30.0 Å². The normalized spacial score (nSPS) is 11.7. The van der Waals surface area contributed by atoms with E-state index in [1.54, 1.807) is 30.3 Å². The van der Waals surface area contributed by atoms with Crippen molar-refractivity contribution in [2.45, 2.75) is 6.10 Å². The highest BCUT2D eigenvalue weighted by atomic mass is 19.2. The summed E-state index contributed by atoms with van der Waals surface area (Å²) < 4.78 is 65.7. The molecule has 0 fully saturated rings. The molecule has 0 bridgehead atoms. The summed E-state index contributed by atoms with van der Waals surface area (Å²) in [6, 6.07) is 8.08. The zero-order valence-electron chi connectivity index (χ0n) is 10.3. The summed E-state index contributed by atoms with van der Waals surface area (Å²) >= 11 is 0. The van der Waals surface area contributed by atoms with Gasteiger partial charge in [0.1, 0.15) is 6.10 Å². The van der Waals surface area contributed by atoms with Gasteiger partial charge in [-0.3, -0.25) is 0 Å². The molecule has 0 aliphatic carbocycles. The van der Waals surface area contributed by atoms with Crippen LogP contribution >= 0.6 is 0 Å². The van der Waals surface area contributed by atoms with Crippen LogP contribution in [0.4, 0.5) is 22.0 Å². The van der Waals surface area contributed by atoms with E-state index in [2.05, 4.69) is 5.92 Å². The van der Waals surface area contributed by atoms with E-state index in [0.29, 0.717) is 5.56 Å². The summed E-state index contributed by atoms with van der Waals surface area (Å²) in [6.07, 6.45) is -2.14. The van der Waals surface area contributed by atoms with Gasteiger partial charge in [-0.2, -0.15) is 0 Å². The van der Waals surface area contributed by atoms with Gasteiger partial charge in [-0.25, -0.2) is 22.0 Å². The summed E-state index contributed by atoms with van der Waals surface area (Å²) in [7, 11) is 0. The minimum atomic E-state index is -2.28. The van der Waals surface area contributed by atoms with Crippen LogP contribution in [-0.2, 0) is 0 Å². The molecule has 21 heavy (non-hydrogen) atoms. The predicted octanol–water partition coefficient (Wildman–Crippen LogP) is 3.47. The number of rotatable bonds is 1. The number of halogens is 5. The Morgan fingerprint density at radius 1 is 0.762 bits per heavy atom. The third-order valence-electron chi connectivity index (χ3n) is 2.64. The molecule has 0 amide bonds. The average Bonchev–Trinajstić information content (AvgIpc) is 2.50. The zero-order valence-corrected chi connectivity index (χ0v) is 10.3. The molecule has 0 radical (unpaired) electrons. The summed E-state index contributed by atoms with van der Waals surface area (Å²) in [4.78, 5) is 0. The first kappa shape index (κ1) is 15.0. The van der Waals surface area contributed by atoms with Gasteiger partial charge in [0, 0.05) is 5.56 Å². The molecule has 2 rings (SSSR count). The Morgan fingerprint density at radius 3 is 1.76 bits per heavy atom. The molecule has 0 spiro atoms. The smallest absolute Gasteiger partial charge is 0.200 e. The molecule has 0 saturated heterocycles. The van der Waals surface area contributed by atoms with Crippen molar-refractivity contribution in [3.8, 4) is 11.8 Å². The number of hydrogen-bond donors (Lipinski definition) is 1. The number of aliphatic hydroxyl groups is 1. The van der Waals surface area contributed by atoms with Crippen molar-refractivity contribution < 1.29 is 27.1 Å². The van der Waals surface area contributed by atoms with Crippen molar-refractivity contribution in [3.63, 3.8) is 0 Å². The lowest BCUT2D eigenvalue weighted by Gasteiger charge is -2.09. The lowest BCUT2D eigenvalue weighted by Crippen LogP contribution is -2.10. The quantitative estimate of drug-likeness (QED) is 0.370. The largest absolute Gasteiger partial charge is 0.376 e. The summed E-state index contributed by atoms with van der Waals surface area (Å²) in [6.45, 7) is 0. The van der Waals surface area contributed by atoms with Crippen LogP contribution in [0.25, 0.3) is 0 Å².